The van der Waals surface area contributed by atoms with Crippen LogP contribution in [-0.4, -0.2) is 26.4 Å². The Labute approximate surface area is 87.3 Å². The fourth-order valence-electron chi connectivity index (χ4n) is 1.60. The normalized spacial score (nSPS) is 25.4. The average Bonchev–Trinajstić information content (AvgIpc) is 2.78. The highest BCUT2D eigenvalue weighted by Gasteiger charge is 2.42. The molecule has 0 heterocycles. The summed E-state index contributed by atoms with van der Waals surface area (Å²) >= 11 is 0. The van der Waals surface area contributed by atoms with Gasteiger partial charge in [-0.2, -0.15) is 0 Å². The van der Waals surface area contributed by atoms with E-state index in [1.54, 1.807) is 0 Å². The fraction of sp³-hybridized carbons (Fsp3) is 0.833. The zero-order valence-electron chi connectivity index (χ0n) is 9.42. The summed E-state index contributed by atoms with van der Waals surface area (Å²) in [6.45, 7) is 11.7. The molecule has 1 saturated carbocycles. The van der Waals surface area contributed by atoms with Crippen molar-refractivity contribution in [1.82, 2.24) is 0 Å². The highest BCUT2D eigenvalue weighted by atomic mass is 16.5. The molecule has 0 aromatic heterocycles. The fourth-order valence-corrected chi connectivity index (χ4v) is 1.60. The Hall–Kier alpha value is -0.340. The molecule has 0 unspecified atom stereocenters. The predicted octanol–water partition coefficient (Wildman–Crippen LogP) is 2.64. The largest absolute Gasteiger partial charge is 0.381 e. The summed E-state index contributed by atoms with van der Waals surface area (Å²) in [5, 5.41) is 0. The molecule has 2 nitrogen and oxygen atoms in total. The van der Waals surface area contributed by atoms with Crippen molar-refractivity contribution in [3.63, 3.8) is 0 Å². The summed E-state index contributed by atoms with van der Waals surface area (Å²) in [5.74, 6) is 1.14. The molecule has 2 atom stereocenters. The zero-order chi connectivity index (χ0) is 10.4. The highest BCUT2D eigenvalue weighted by Crippen LogP contribution is 2.44. The number of rotatable bonds is 8. The maximum absolute atomic E-state index is 5.50. The van der Waals surface area contributed by atoms with Gasteiger partial charge in [0.25, 0.3) is 0 Å². The van der Waals surface area contributed by atoms with Crippen molar-refractivity contribution in [3.8, 4) is 0 Å². The predicted molar refractivity (Wildman–Crippen MR) is 58.3 cm³/mol. The van der Waals surface area contributed by atoms with Gasteiger partial charge in [-0.25, -0.2) is 0 Å². The molecular weight excluding hydrogens is 176 g/mol. The molecule has 1 aliphatic carbocycles. The van der Waals surface area contributed by atoms with Crippen LogP contribution < -0.4 is 0 Å². The Morgan fingerprint density at radius 2 is 1.43 bits per heavy atom. The Balaban J connectivity index is 2.03. The minimum atomic E-state index is 0.568. The van der Waals surface area contributed by atoms with Gasteiger partial charge in [-0.1, -0.05) is 26.0 Å². The van der Waals surface area contributed by atoms with Gasteiger partial charge in [0.05, 0.1) is 13.2 Å². The zero-order valence-corrected chi connectivity index (χ0v) is 9.42. The van der Waals surface area contributed by atoms with E-state index >= 15 is 0 Å². The summed E-state index contributed by atoms with van der Waals surface area (Å²) in [5.41, 5.74) is 1.32. The van der Waals surface area contributed by atoms with Crippen molar-refractivity contribution in [2.45, 2.75) is 26.7 Å². The van der Waals surface area contributed by atoms with Crippen LogP contribution >= 0.6 is 0 Å². The lowest BCUT2D eigenvalue weighted by atomic mass is 10.3. The molecule has 0 N–H and O–H groups in total. The van der Waals surface area contributed by atoms with Crippen LogP contribution in [0, 0.1) is 11.8 Å². The van der Waals surface area contributed by atoms with Gasteiger partial charge in [0.2, 0.25) is 0 Å². The van der Waals surface area contributed by atoms with Crippen LogP contribution in [-0.2, 0) is 9.47 Å². The van der Waals surface area contributed by atoms with Gasteiger partial charge in [-0.05, 0) is 12.8 Å². The maximum Gasteiger partial charge on any atom is 0.0538 e. The van der Waals surface area contributed by atoms with E-state index in [1.807, 2.05) is 0 Å². The molecule has 0 amide bonds. The molecule has 0 spiro atoms. The highest BCUT2D eigenvalue weighted by molar-refractivity contribution is 5.26. The van der Waals surface area contributed by atoms with E-state index in [0.29, 0.717) is 11.8 Å². The number of ether oxygens (including phenoxy) is 2. The Bertz CT molecular complexity index is 159. The van der Waals surface area contributed by atoms with Crippen LogP contribution in [0.3, 0.4) is 0 Å². The molecular formula is C12H22O2. The van der Waals surface area contributed by atoms with Gasteiger partial charge < -0.3 is 9.47 Å². The van der Waals surface area contributed by atoms with Crippen molar-refractivity contribution < 1.29 is 9.47 Å². The summed E-state index contributed by atoms with van der Waals surface area (Å²) < 4.78 is 11.0. The summed E-state index contributed by atoms with van der Waals surface area (Å²) in [4.78, 5) is 0. The topological polar surface area (TPSA) is 18.5 Å². The lowest BCUT2D eigenvalue weighted by molar-refractivity contribution is 0.0973. The molecule has 0 aliphatic heterocycles. The van der Waals surface area contributed by atoms with E-state index < -0.39 is 0 Å². The first-order valence-corrected chi connectivity index (χ1v) is 5.65. The third-order valence-electron chi connectivity index (χ3n) is 2.62. The van der Waals surface area contributed by atoms with Crippen LogP contribution in [0.5, 0.6) is 0 Å². The number of hydrogen-bond acceptors (Lipinski definition) is 2. The van der Waals surface area contributed by atoms with E-state index in [4.69, 9.17) is 9.47 Å². The van der Waals surface area contributed by atoms with Crippen molar-refractivity contribution in [2.24, 2.45) is 11.8 Å². The molecule has 82 valence electrons. The van der Waals surface area contributed by atoms with Gasteiger partial charge >= 0.3 is 0 Å². The van der Waals surface area contributed by atoms with E-state index in [9.17, 15) is 0 Å². The maximum atomic E-state index is 5.50. The van der Waals surface area contributed by atoms with E-state index in [2.05, 4.69) is 20.4 Å². The molecule has 1 rings (SSSR count). The molecule has 0 bridgehead atoms. The first kappa shape index (κ1) is 11.7. The summed E-state index contributed by atoms with van der Waals surface area (Å²) in [6, 6.07) is 0. The second kappa shape index (κ2) is 6.20. The van der Waals surface area contributed by atoms with E-state index in [1.165, 1.54) is 5.57 Å². The molecule has 0 radical (unpaired) electrons. The van der Waals surface area contributed by atoms with Crippen LogP contribution in [0.2, 0.25) is 0 Å². The first-order chi connectivity index (χ1) is 6.81. The molecule has 2 heteroatoms. The van der Waals surface area contributed by atoms with Crippen LogP contribution in [0.1, 0.15) is 26.7 Å². The molecule has 0 aromatic rings. The standard InChI is InChI=1S/C12H22O2/c1-4-6-13-8-11-10(3)12(11)9-14-7-5-2/h11-12H,3-9H2,1-2H3/t11-,12+. The van der Waals surface area contributed by atoms with Gasteiger partial charge in [-0.15, -0.1) is 0 Å². The lowest BCUT2D eigenvalue weighted by Crippen LogP contribution is -2.03. The molecule has 0 saturated heterocycles. The van der Waals surface area contributed by atoms with Crippen molar-refractivity contribution in [1.29, 1.82) is 0 Å². The first-order valence-electron chi connectivity index (χ1n) is 5.65. The Kier molecular flexibility index (Phi) is 5.20. The number of hydrogen-bond donors (Lipinski definition) is 0. The van der Waals surface area contributed by atoms with Crippen molar-refractivity contribution in [2.75, 3.05) is 26.4 Å². The molecule has 1 fully saturated rings. The van der Waals surface area contributed by atoms with Gasteiger partial charge in [0.1, 0.15) is 0 Å². The second-order valence-electron chi connectivity index (χ2n) is 3.94. The van der Waals surface area contributed by atoms with Gasteiger partial charge in [0, 0.05) is 25.0 Å². The third kappa shape index (κ3) is 3.43. The third-order valence-corrected chi connectivity index (χ3v) is 2.62. The van der Waals surface area contributed by atoms with E-state index in [0.717, 1.165) is 39.3 Å². The van der Waals surface area contributed by atoms with E-state index in [-0.39, 0.29) is 0 Å². The van der Waals surface area contributed by atoms with Gasteiger partial charge in [0.15, 0.2) is 0 Å². The lowest BCUT2D eigenvalue weighted by Gasteiger charge is -2.01. The quantitative estimate of drug-likeness (QED) is 0.441. The Morgan fingerprint density at radius 1 is 1.00 bits per heavy atom. The van der Waals surface area contributed by atoms with Crippen LogP contribution in [0.4, 0.5) is 0 Å². The summed E-state index contributed by atoms with van der Waals surface area (Å²) in [6.07, 6.45) is 2.19. The summed E-state index contributed by atoms with van der Waals surface area (Å²) in [7, 11) is 0. The van der Waals surface area contributed by atoms with Crippen LogP contribution in [0.25, 0.3) is 0 Å². The molecule has 0 aromatic carbocycles. The second-order valence-corrected chi connectivity index (χ2v) is 3.94. The monoisotopic (exact) mass is 198 g/mol. The van der Waals surface area contributed by atoms with Crippen molar-refractivity contribution in [3.05, 3.63) is 12.2 Å². The SMILES string of the molecule is C=C1[C@@H](COCCC)[C@H]1COCCC. The molecule has 14 heavy (non-hydrogen) atoms. The Morgan fingerprint density at radius 3 is 1.79 bits per heavy atom. The minimum absolute atomic E-state index is 0.568. The minimum Gasteiger partial charge on any atom is -0.381 e. The van der Waals surface area contributed by atoms with Crippen LogP contribution in [0.15, 0.2) is 12.2 Å². The average molecular weight is 198 g/mol. The smallest absolute Gasteiger partial charge is 0.0538 e. The van der Waals surface area contributed by atoms with Crippen molar-refractivity contribution >= 4 is 0 Å². The molecule has 1 aliphatic rings. The van der Waals surface area contributed by atoms with Gasteiger partial charge in [-0.3, -0.25) is 0 Å².